The van der Waals surface area contributed by atoms with Crippen LogP contribution in [0.5, 0.6) is 0 Å². The van der Waals surface area contributed by atoms with Gasteiger partial charge in [0.1, 0.15) is 0 Å². The van der Waals surface area contributed by atoms with Crippen molar-refractivity contribution in [3.8, 4) is 0 Å². The van der Waals surface area contributed by atoms with Crippen molar-refractivity contribution in [2.24, 2.45) is 7.05 Å². The van der Waals surface area contributed by atoms with Crippen LogP contribution in [0.3, 0.4) is 0 Å². The average molecular weight is 318 g/mol. The number of rotatable bonds is 2. The Bertz CT molecular complexity index is 571. The zero-order chi connectivity index (χ0) is 12.7. The summed E-state index contributed by atoms with van der Waals surface area (Å²) in [5.74, 6) is 0. The van der Waals surface area contributed by atoms with E-state index in [-0.39, 0.29) is 0 Å². The molecule has 0 bridgehead atoms. The molecular formula is C11H14BrClN4. The van der Waals surface area contributed by atoms with Gasteiger partial charge in [0.15, 0.2) is 0 Å². The molecule has 92 valence electrons. The van der Waals surface area contributed by atoms with Crippen molar-refractivity contribution in [3.63, 3.8) is 0 Å². The van der Waals surface area contributed by atoms with Crippen molar-refractivity contribution < 1.29 is 0 Å². The van der Waals surface area contributed by atoms with Gasteiger partial charge in [-0.15, -0.1) is 0 Å². The normalized spacial score (nSPS) is 11.2. The molecule has 0 amide bonds. The summed E-state index contributed by atoms with van der Waals surface area (Å²) in [4.78, 5) is 0. The Kier molecular flexibility index (Phi) is 3.32. The zero-order valence-corrected chi connectivity index (χ0v) is 12.6. The average Bonchev–Trinajstić information content (AvgIpc) is 2.65. The van der Waals surface area contributed by atoms with E-state index >= 15 is 0 Å². The van der Waals surface area contributed by atoms with E-state index in [1.54, 1.807) is 0 Å². The van der Waals surface area contributed by atoms with E-state index in [0.717, 1.165) is 32.3 Å². The van der Waals surface area contributed by atoms with Gasteiger partial charge in [0, 0.05) is 7.05 Å². The Morgan fingerprint density at radius 2 is 1.82 bits per heavy atom. The Labute approximate surface area is 114 Å². The summed E-state index contributed by atoms with van der Waals surface area (Å²) in [5, 5.41) is 9.48. The Morgan fingerprint density at radius 3 is 2.24 bits per heavy atom. The molecule has 0 fully saturated rings. The molecular weight excluding hydrogens is 304 g/mol. The number of aromatic nitrogens is 4. The summed E-state index contributed by atoms with van der Waals surface area (Å²) in [6.07, 6.45) is 0. The lowest BCUT2D eigenvalue weighted by atomic mass is 10.3. The third-order valence-electron chi connectivity index (χ3n) is 2.85. The van der Waals surface area contributed by atoms with Crippen LogP contribution in [0, 0.1) is 20.8 Å². The van der Waals surface area contributed by atoms with Crippen LogP contribution in [-0.4, -0.2) is 19.6 Å². The van der Waals surface area contributed by atoms with E-state index in [1.807, 2.05) is 37.2 Å². The number of aryl methyl sites for hydroxylation is 3. The van der Waals surface area contributed by atoms with E-state index in [4.69, 9.17) is 11.6 Å². The highest BCUT2D eigenvalue weighted by molar-refractivity contribution is 9.10. The first-order valence-electron chi connectivity index (χ1n) is 5.29. The largest absolute Gasteiger partial charge is 0.269 e. The number of halogens is 2. The topological polar surface area (TPSA) is 35.6 Å². The second-order valence-electron chi connectivity index (χ2n) is 4.11. The van der Waals surface area contributed by atoms with Crippen molar-refractivity contribution in [1.29, 1.82) is 0 Å². The third-order valence-corrected chi connectivity index (χ3v) is 4.49. The molecule has 0 saturated heterocycles. The van der Waals surface area contributed by atoms with E-state index in [1.165, 1.54) is 0 Å². The SMILES string of the molecule is Cc1nn(C)c(Cn2nc(C)c(Br)c2C)c1Cl. The van der Waals surface area contributed by atoms with Crippen LogP contribution in [0.25, 0.3) is 0 Å². The number of hydrogen-bond acceptors (Lipinski definition) is 2. The minimum Gasteiger partial charge on any atom is -0.269 e. The molecule has 4 nitrogen and oxygen atoms in total. The molecule has 0 aliphatic heterocycles. The molecule has 0 unspecified atom stereocenters. The molecule has 2 rings (SSSR count). The fourth-order valence-corrected chi connectivity index (χ4v) is 2.33. The van der Waals surface area contributed by atoms with Gasteiger partial charge in [-0.1, -0.05) is 11.6 Å². The molecule has 0 saturated carbocycles. The maximum atomic E-state index is 6.23. The van der Waals surface area contributed by atoms with Gasteiger partial charge in [0.2, 0.25) is 0 Å². The monoisotopic (exact) mass is 316 g/mol. The highest BCUT2D eigenvalue weighted by atomic mass is 79.9. The molecule has 0 N–H and O–H groups in total. The van der Waals surface area contributed by atoms with Gasteiger partial charge in [-0.3, -0.25) is 9.36 Å². The van der Waals surface area contributed by atoms with Gasteiger partial charge in [-0.2, -0.15) is 10.2 Å². The van der Waals surface area contributed by atoms with Crippen molar-refractivity contribution in [2.75, 3.05) is 0 Å². The Morgan fingerprint density at radius 1 is 1.18 bits per heavy atom. The minimum absolute atomic E-state index is 0.633. The molecule has 17 heavy (non-hydrogen) atoms. The summed E-state index contributed by atoms with van der Waals surface area (Å²) < 4.78 is 4.79. The fraction of sp³-hybridized carbons (Fsp3) is 0.455. The van der Waals surface area contributed by atoms with Gasteiger partial charge in [0.05, 0.1) is 38.8 Å². The van der Waals surface area contributed by atoms with Crippen LogP contribution in [0.1, 0.15) is 22.8 Å². The van der Waals surface area contributed by atoms with E-state index in [2.05, 4.69) is 26.1 Å². The van der Waals surface area contributed by atoms with Gasteiger partial charge >= 0.3 is 0 Å². The van der Waals surface area contributed by atoms with E-state index in [9.17, 15) is 0 Å². The summed E-state index contributed by atoms with van der Waals surface area (Å²) >= 11 is 9.74. The van der Waals surface area contributed by atoms with Crippen LogP contribution in [-0.2, 0) is 13.6 Å². The standard InChI is InChI=1S/C11H14BrClN4/c1-6-10(12)8(3)17(15-6)5-9-11(13)7(2)14-16(9)4/h5H2,1-4H3. The van der Waals surface area contributed by atoms with E-state index < -0.39 is 0 Å². The summed E-state index contributed by atoms with van der Waals surface area (Å²) in [7, 11) is 1.90. The molecule has 0 aliphatic carbocycles. The molecule has 2 heterocycles. The summed E-state index contributed by atoms with van der Waals surface area (Å²) in [6.45, 7) is 6.54. The number of nitrogens with zero attached hydrogens (tertiary/aromatic N) is 4. The van der Waals surface area contributed by atoms with E-state index in [0.29, 0.717) is 6.54 Å². The third kappa shape index (κ3) is 2.13. The smallest absolute Gasteiger partial charge is 0.0866 e. The highest BCUT2D eigenvalue weighted by Gasteiger charge is 2.15. The minimum atomic E-state index is 0.633. The Balaban J connectivity index is 2.41. The van der Waals surface area contributed by atoms with Crippen molar-refractivity contribution in [2.45, 2.75) is 27.3 Å². The maximum absolute atomic E-state index is 6.23. The quantitative estimate of drug-likeness (QED) is 0.853. The first-order chi connectivity index (χ1) is 7.91. The molecule has 0 aromatic carbocycles. The molecule has 2 aromatic rings. The predicted molar refractivity (Wildman–Crippen MR) is 71.5 cm³/mol. The van der Waals surface area contributed by atoms with Crippen molar-refractivity contribution >= 4 is 27.5 Å². The summed E-state index contributed by atoms with van der Waals surface area (Å²) in [5.41, 5.74) is 3.90. The second kappa shape index (κ2) is 4.46. The molecule has 2 aromatic heterocycles. The Hall–Kier alpha value is -0.810. The maximum Gasteiger partial charge on any atom is 0.0866 e. The van der Waals surface area contributed by atoms with Gasteiger partial charge in [-0.25, -0.2) is 0 Å². The lowest BCUT2D eigenvalue weighted by Gasteiger charge is -2.05. The fourth-order valence-electron chi connectivity index (χ4n) is 1.82. The summed E-state index contributed by atoms with van der Waals surface area (Å²) in [6, 6.07) is 0. The number of hydrogen-bond donors (Lipinski definition) is 0. The molecule has 0 radical (unpaired) electrons. The van der Waals surface area contributed by atoms with Crippen LogP contribution >= 0.6 is 27.5 Å². The predicted octanol–water partition coefficient (Wildman–Crippen LogP) is 3.01. The lowest BCUT2D eigenvalue weighted by molar-refractivity contribution is 0.603. The van der Waals surface area contributed by atoms with Crippen molar-refractivity contribution in [3.05, 3.63) is 32.3 Å². The molecule has 0 atom stereocenters. The lowest BCUT2D eigenvalue weighted by Crippen LogP contribution is -2.08. The molecule has 0 spiro atoms. The highest BCUT2D eigenvalue weighted by Crippen LogP contribution is 2.24. The zero-order valence-electron chi connectivity index (χ0n) is 10.3. The van der Waals surface area contributed by atoms with Crippen LogP contribution < -0.4 is 0 Å². The van der Waals surface area contributed by atoms with Crippen LogP contribution in [0.2, 0.25) is 5.02 Å². The van der Waals surface area contributed by atoms with Crippen molar-refractivity contribution in [1.82, 2.24) is 19.6 Å². The molecule has 6 heteroatoms. The van der Waals surface area contributed by atoms with Gasteiger partial charge in [-0.05, 0) is 36.7 Å². The first kappa shape index (κ1) is 12.6. The van der Waals surface area contributed by atoms with Crippen LogP contribution in [0.15, 0.2) is 4.47 Å². The first-order valence-corrected chi connectivity index (χ1v) is 6.46. The second-order valence-corrected chi connectivity index (χ2v) is 5.28. The van der Waals surface area contributed by atoms with Gasteiger partial charge < -0.3 is 0 Å². The van der Waals surface area contributed by atoms with Gasteiger partial charge in [0.25, 0.3) is 0 Å². The van der Waals surface area contributed by atoms with Crippen LogP contribution in [0.4, 0.5) is 0 Å². The molecule has 0 aliphatic rings.